The number of hydrogen-bond acceptors (Lipinski definition) is 3. The molecule has 0 aromatic heterocycles. The lowest BCUT2D eigenvalue weighted by Crippen LogP contribution is -2.43. The van der Waals surface area contributed by atoms with Crippen LogP contribution in [0, 0.1) is 5.92 Å². The van der Waals surface area contributed by atoms with Crippen LogP contribution < -0.4 is 11.1 Å². The fraction of sp³-hybridized carbons (Fsp3) is 0.929. The third-order valence-electron chi connectivity index (χ3n) is 4.34. The highest BCUT2D eigenvalue weighted by Crippen LogP contribution is 2.25. The Morgan fingerprint density at radius 3 is 2.67 bits per heavy atom. The summed E-state index contributed by atoms with van der Waals surface area (Å²) in [5.41, 5.74) is 6.10. The molecule has 0 saturated heterocycles. The second kappa shape index (κ2) is 6.53. The van der Waals surface area contributed by atoms with Gasteiger partial charge in [0, 0.05) is 25.2 Å². The SMILES string of the molecule is CN(CCNC(=O)C1CCCCCC1N)C1CC1. The molecule has 0 heterocycles. The van der Waals surface area contributed by atoms with Gasteiger partial charge in [0.2, 0.25) is 5.91 Å². The molecule has 0 aliphatic heterocycles. The van der Waals surface area contributed by atoms with Crippen molar-refractivity contribution in [2.24, 2.45) is 11.7 Å². The Bertz CT molecular complexity index is 278. The first kappa shape index (κ1) is 13.8. The summed E-state index contributed by atoms with van der Waals surface area (Å²) in [5.74, 6) is 0.215. The van der Waals surface area contributed by atoms with E-state index in [0.717, 1.165) is 38.4 Å². The monoisotopic (exact) mass is 253 g/mol. The zero-order chi connectivity index (χ0) is 13.0. The van der Waals surface area contributed by atoms with E-state index in [1.807, 2.05) is 0 Å². The molecule has 0 aromatic carbocycles. The summed E-state index contributed by atoms with van der Waals surface area (Å²) < 4.78 is 0. The normalized spacial score (nSPS) is 29.1. The average molecular weight is 253 g/mol. The van der Waals surface area contributed by atoms with Gasteiger partial charge in [-0.05, 0) is 32.7 Å². The molecule has 1 amide bonds. The molecule has 0 aromatic rings. The molecule has 2 atom stereocenters. The average Bonchev–Trinajstić information content (AvgIpc) is 3.15. The van der Waals surface area contributed by atoms with Crippen LogP contribution in [0.5, 0.6) is 0 Å². The molecule has 0 spiro atoms. The summed E-state index contributed by atoms with van der Waals surface area (Å²) in [6.07, 6.45) is 8.15. The summed E-state index contributed by atoms with van der Waals surface area (Å²) in [5, 5.41) is 3.06. The lowest BCUT2D eigenvalue weighted by Gasteiger charge is -2.22. The Hall–Kier alpha value is -0.610. The van der Waals surface area contributed by atoms with Crippen LogP contribution in [0.1, 0.15) is 44.9 Å². The molecule has 2 aliphatic rings. The standard InChI is InChI=1S/C14H27N3O/c1-17(11-7-8-11)10-9-16-14(18)12-5-3-2-4-6-13(12)15/h11-13H,2-10,15H2,1H3,(H,16,18). The van der Waals surface area contributed by atoms with Crippen molar-refractivity contribution in [1.29, 1.82) is 0 Å². The largest absolute Gasteiger partial charge is 0.355 e. The van der Waals surface area contributed by atoms with Crippen LogP contribution in [0.15, 0.2) is 0 Å². The molecule has 18 heavy (non-hydrogen) atoms. The molecule has 4 nitrogen and oxygen atoms in total. The molecule has 104 valence electrons. The molecular weight excluding hydrogens is 226 g/mol. The molecule has 2 saturated carbocycles. The number of carbonyl (C=O) groups excluding carboxylic acids is 1. The van der Waals surface area contributed by atoms with Crippen LogP contribution in [-0.2, 0) is 4.79 Å². The van der Waals surface area contributed by atoms with E-state index in [4.69, 9.17) is 5.73 Å². The fourth-order valence-corrected chi connectivity index (χ4v) is 2.85. The lowest BCUT2D eigenvalue weighted by molar-refractivity contribution is -0.125. The second-order valence-electron chi connectivity index (χ2n) is 5.91. The highest BCUT2D eigenvalue weighted by atomic mass is 16.1. The van der Waals surface area contributed by atoms with Crippen molar-refractivity contribution in [3.63, 3.8) is 0 Å². The quantitative estimate of drug-likeness (QED) is 0.722. The minimum Gasteiger partial charge on any atom is -0.355 e. The van der Waals surface area contributed by atoms with Gasteiger partial charge in [0.05, 0.1) is 5.92 Å². The van der Waals surface area contributed by atoms with Gasteiger partial charge in [0.1, 0.15) is 0 Å². The molecule has 0 radical (unpaired) electrons. The Morgan fingerprint density at radius 1 is 1.22 bits per heavy atom. The number of hydrogen-bond donors (Lipinski definition) is 2. The first-order chi connectivity index (χ1) is 8.68. The number of nitrogens with zero attached hydrogens (tertiary/aromatic N) is 1. The molecule has 4 heteroatoms. The van der Waals surface area contributed by atoms with E-state index in [9.17, 15) is 4.79 Å². The van der Waals surface area contributed by atoms with E-state index < -0.39 is 0 Å². The van der Waals surface area contributed by atoms with Crippen molar-refractivity contribution in [2.75, 3.05) is 20.1 Å². The van der Waals surface area contributed by atoms with Crippen molar-refractivity contribution in [3.8, 4) is 0 Å². The molecule has 2 rings (SSSR count). The minimum absolute atomic E-state index is 0.0405. The number of nitrogens with one attached hydrogen (secondary N) is 1. The molecule has 0 bridgehead atoms. The van der Waals surface area contributed by atoms with Crippen molar-refractivity contribution < 1.29 is 4.79 Å². The van der Waals surface area contributed by atoms with Crippen LogP contribution in [0.4, 0.5) is 0 Å². The van der Waals surface area contributed by atoms with E-state index >= 15 is 0 Å². The van der Waals surface area contributed by atoms with Gasteiger partial charge in [0.15, 0.2) is 0 Å². The van der Waals surface area contributed by atoms with Crippen molar-refractivity contribution in [2.45, 2.75) is 57.0 Å². The van der Waals surface area contributed by atoms with Crippen LogP contribution in [0.2, 0.25) is 0 Å². The Kier molecular flexibility index (Phi) is 5.01. The Morgan fingerprint density at radius 2 is 1.94 bits per heavy atom. The van der Waals surface area contributed by atoms with Crippen LogP contribution in [0.3, 0.4) is 0 Å². The van der Waals surface area contributed by atoms with Crippen LogP contribution in [0.25, 0.3) is 0 Å². The number of rotatable bonds is 5. The molecule has 2 fully saturated rings. The topological polar surface area (TPSA) is 58.4 Å². The maximum Gasteiger partial charge on any atom is 0.224 e. The fourth-order valence-electron chi connectivity index (χ4n) is 2.85. The van der Waals surface area contributed by atoms with Gasteiger partial charge in [-0.15, -0.1) is 0 Å². The Balaban J connectivity index is 1.68. The highest BCUT2D eigenvalue weighted by Gasteiger charge is 2.28. The summed E-state index contributed by atoms with van der Waals surface area (Å²) in [4.78, 5) is 14.5. The van der Waals surface area contributed by atoms with Gasteiger partial charge >= 0.3 is 0 Å². The van der Waals surface area contributed by atoms with Crippen LogP contribution in [-0.4, -0.2) is 43.0 Å². The van der Waals surface area contributed by atoms with Crippen molar-refractivity contribution in [1.82, 2.24) is 10.2 Å². The van der Waals surface area contributed by atoms with E-state index in [-0.39, 0.29) is 17.9 Å². The zero-order valence-electron chi connectivity index (χ0n) is 11.5. The summed E-state index contributed by atoms with van der Waals surface area (Å²) in [6.45, 7) is 1.72. The molecular formula is C14H27N3O. The maximum atomic E-state index is 12.1. The number of likely N-dealkylation sites (N-methyl/N-ethyl adjacent to an activating group) is 1. The van der Waals surface area contributed by atoms with E-state index in [0.29, 0.717) is 0 Å². The van der Waals surface area contributed by atoms with Crippen LogP contribution >= 0.6 is 0 Å². The molecule has 2 unspecified atom stereocenters. The first-order valence-electron chi connectivity index (χ1n) is 7.42. The highest BCUT2D eigenvalue weighted by molar-refractivity contribution is 5.79. The third-order valence-corrected chi connectivity index (χ3v) is 4.34. The first-order valence-corrected chi connectivity index (χ1v) is 7.42. The summed E-state index contributed by atoms with van der Waals surface area (Å²) in [6, 6.07) is 0.829. The summed E-state index contributed by atoms with van der Waals surface area (Å²) >= 11 is 0. The number of amides is 1. The summed E-state index contributed by atoms with van der Waals surface area (Å²) in [7, 11) is 2.14. The minimum atomic E-state index is 0.0405. The van der Waals surface area contributed by atoms with Gasteiger partial charge < -0.3 is 16.0 Å². The number of nitrogens with two attached hydrogens (primary N) is 1. The second-order valence-corrected chi connectivity index (χ2v) is 5.91. The van der Waals surface area contributed by atoms with Crippen molar-refractivity contribution >= 4 is 5.91 Å². The van der Waals surface area contributed by atoms with Gasteiger partial charge in [0.25, 0.3) is 0 Å². The zero-order valence-corrected chi connectivity index (χ0v) is 11.5. The molecule has 3 N–H and O–H groups in total. The smallest absolute Gasteiger partial charge is 0.224 e. The third kappa shape index (κ3) is 3.95. The van der Waals surface area contributed by atoms with Gasteiger partial charge in [-0.3, -0.25) is 4.79 Å². The van der Waals surface area contributed by atoms with Gasteiger partial charge in [-0.2, -0.15) is 0 Å². The Labute approximate surface area is 110 Å². The van der Waals surface area contributed by atoms with Gasteiger partial charge in [-0.1, -0.05) is 19.3 Å². The van der Waals surface area contributed by atoms with Gasteiger partial charge in [-0.25, -0.2) is 0 Å². The maximum absolute atomic E-state index is 12.1. The van der Waals surface area contributed by atoms with E-state index in [2.05, 4.69) is 17.3 Å². The lowest BCUT2D eigenvalue weighted by atomic mass is 9.94. The predicted octanol–water partition coefficient (Wildman–Crippen LogP) is 1.10. The van der Waals surface area contributed by atoms with E-state index in [1.54, 1.807) is 0 Å². The van der Waals surface area contributed by atoms with E-state index in [1.165, 1.54) is 25.7 Å². The van der Waals surface area contributed by atoms with Crippen molar-refractivity contribution in [3.05, 3.63) is 0 Å². The predicted molar refractivity (Wildman–Crippen MR) is 73.2 cm³/mol. The molecule has 2 aliphatic carbocycles. The number of carbonyl (C=O) groups is 1.